The summed E-state index contributed by atoms with van der Waals surface area (Å²) in [6.45, 7) is 8.76. The quantitative estimate of drug-likeness (QED) is 0.0850. The predicted octanol–water partition coefficient (Wildman–Crippen LogP) is 6.57. The van der Waals surface area contributed by atoms with Crippen LogP contribution in [-0.4, -0.2) is 134 Å². The van der Waals surface area contributed by atoms with Crippen LogP contribution < -0.4 is 5.32 Å². The average Bonchev–Trinajstić information content (AvgIpc) is 3.64. The molecule has 6 heterocycles. The number of fused-ring (bicyclic) bond motifs is 2. The smallest absolute Gasteiger partial charge is 0.452 e. The van der Waals surface area contributed by atoms with Crippen molar-refractivity contribution in [3.05, 3.63) is 75.6 Å². The third kappa shape index (κ3) is 9.37. The molecule has 4 aliphatic rings. The molecule has 17 nitrogen and oxygen atoms in total. The Labute approximate surface area is 363 Å². The fraction of sp³-hybridized carbons (Fsp3) is 0.619. The molecular formula is C42H60F3N7O10S. The summed E-state index contributed by atoms with van der Waals surface area (Å²) in [7, 11) is -7.61. The van der Waals surface area contributed by atoms with Gasteiger partial charge in [-0.1, -0.05) is 44.5 Å². The van der Waals surface area contributed by atoms with E-state index in [0.29, 0.717) is 29.7 Å². The zero-order chi connectivity index (χ0) is 45.7. The number of hydrogen-bond donors (Lipinski definition) is 7. The zero-order valence-corrected chi connectivity index (χ0v) is 36.9. The highest BCUT2D eigenvalue weighted by Crippen LogP contribution is 2.86. The van der Waals surface area contributed by atoms with Gasteiger partial charge < -0.3 is 29.3 Å². The summed E-state index contributed by atoms with van der Waals surface area (Å²) in [6.07, 6.45) is 1.21. The third-order valence-electron chi connectivity index (χ3n) is 12.9. The Bertz CT molecular complexity index is 2250. The molecule has 0 bridgehead atoms. The lowest BCUT2D eigenvalue weighted by Gasteiger charge is -2.68. The van der Waals surface area contributed by atoms with E-state index in [1.807, 2.05) is 6.92 Å². The number of likely N-dealkylation sites (tertiary alicyclic amines) is 1. The van der Waals surface area contributed by atoms with Crippen LogP contribution in [0.25, 0.3) is 5.65 Å². The summed E-state index contributed by atoms with van der Waals surface area (Å²) in [6, 6.07) is 7.44. The first-order valence-electron chi connectivity index (χ1n) is 21.3. The van der Waals surface area contributed by atoms with Crippen LogP contribution in [0.5, 0.6) is 0 Å². The van der Waals surface area contributed by atoms with Gasteiger partial charge >= 0.3 is 12.1 Å². The third-order valence-corrected chi connectivity index (χ3v) is 15.6. The van der Waals surface area contributed by atoms with Crippen molar-refractivity contribution in [1.82, 2.24) is 29.1 Å². The Morgan fingerprint density at radius 3 is 2.44 bits per heavy atom. The Balaban J connectivity index is 1.29. The lowest BCUT2D eigenvalue weighted by molar-refractivity contribution is -0.145. The second kappa shape index (κ2) is 16.6. The van der Waals surface area contributed by atoms with E-state index >= 15 is 0 Å². The average molecular weight is 912 g/mol. The first kappa shape index (κ1) is 47.2. The minimum absolute atomic E-state index is 0.104. The van der Waals surface area contributed by atoms with Gasteiger partial charge in [-0.3, -0.25) is 32.7 Å². The summed E-state index contributed by atoms with van der Waals surface area (Å²) in [5, 5.41) is 30.4. The van der Waals surface area contributed by atoms with E-state index in [1.165, 1.54) is 19.1 Å². The fourth-order valence-electron chi connectivity index (χ4n) is 9.23. The Kier molecular flexibility index (Phi) is 12.4. The molecule has 63 heavy (non-hydrogen) atoms. The number of aliphatic carboxylic acids is 1. The Morgan fingerprint density at radius 1 is 1.06 bits per heavy atom. The highest BCUT2D eigenvalue weighted by atomic mass is 32.4. The highest BCUT2D eigenvalue weighted by Gasteiger charge is 2.69. The van der Waals surface area contributed by atoms with Gasteiger partial charge in [0.15, 0.2) is 5.65 Å². The van der Waals surface area contributed by atoms with Gasteiger partial charge in [0.2, 0.25) is 17.6 Å². The molecule has 3 fully saturated rings. The summed E-state index contributed by atoms with van der Waals surface area (Å²) >= 11 is 0. The number of alkyl halides is 3. The summed E-state index contributed by atoms with van der Waals surface area (Å²) in [5.74, 6) is -5.43. The maximum absolute atomic E-state index is 13.7. The molecule has 4 aliphatic heterocycles. The molecule has 0 aliphatic carbocycles. The number of aliphatic hydroxyl groups excluding tert-OH is 1. The van der Waals surface area contributed by atoms with Crippen LogP contribution >= 0.6 is 9.60 Å². The number of rotatable bonds is 14. The number of piperidine rings is 1. The van der Waals surface area contributed by atoms with Crippen molar-refractivity contribution in [2.24, 2.45) is 10.4 Å². The molecule has 1 spiro atoms. The fourth-order valence-corrected chi connectivity index (χ4v) is 11.5. The molecule has 3 atom stereocenters. The molecule has 3 saturated heterocycles. The minimum Gasteiger partial charge on any atom is -0.481 e. The SMILES string of the molecule is Cc1c(C(CC(=O)O)c2cccc(CN3CC4(CCOCC4)OC4=NC(N[C@@H](C)CCO)(OCCN5CCCCC5)C(C)(C)C=C4S3(O)(O)(O)O)c2)ccn2c(C(F)(F)F)nnc12. The molecule has 0 saturated carbocycles. The van der Waals surface area contributed by atoms with Gasteiger partial charge in [0.05, 0.1) is 42.4 Å². The van der Waals surface area contributed by atoms with Gasteiger partial charge in [0.25, 0.3) is 0 Å². The molecular weight excluding hydrogens is 852 g/mol. The predicted molar refractivity (Wildman–Crippen MR) is 228 cm³/mol. The molecule has 1 aromatic carbocycles. The van der Waals surface area contributed by atoms with Crippen molar-refractivity contribution in [2.45, 2.75) is 109 Å². The number of aliphatic imine (C=N–C) groups is 1. The van der Waals surface area contributed by atoms with Gasteiger partial charge in [-0.2, -0.15) is 22.5 Å². The number of nitrogens with zero attached hydrogens (tertiary/aromatic N) is 6. The van der Waals surface area contributed by atoms with Crippen LogP contribution in [0.2, 0.25) is 0 Å². The number of carboxylic acids is 1. The molecule has 7 N–H and O–H groups in total. The van der Waals surface area contributed by atoms with Gasteiger partial charge in [-0.25, -0.2) is 0 Å². The van der Waals surface area contributed by atoms with E-state index < -0.39 is 80.7 Å². The van der Waals surface area contributed by atoms with E-state index in [4.69, 9.17) is 19.2 Å². The standard InChI is InChI=1S/C42H60F3N7O10S/c1-28(12-19-53)46-42(61-22-18-50-15-6-5-7-16-50)39(3,4)25-34-37(47-42)62-40(13-20-60-21-14-40)27-51(63(34,56,57,58)59)26-30-9-8-10-31(23-30)33(24-35(54)55)32-11-17-52-36(29(32)2)48-49-38(52)41(43,44)45/h8-11,17,23,25,28,33,46,53,56-59H,5-7,12-16,18-22,24,26-27H2,1-4H3,(H,54,55)/t28-,33?,42?/m0/s1. The van der Waals surface area contributed by atoms with Crippen molar-refractivity contribution < 1.29 is 60.6 Å². The van der Waals surface area contributed by atoms with Gasteiger partial charge in [-0.15, -0.1) is 10.2 Å². The number of pyridine rings is 1. The second-order valence-corrected chi connectivity index (χ2v) is 21.6. The number of halogens is 3. The number of carbonyl (C=O) groups is 1. The normalized spacial score (nSPS) is 26.4. The number of ether oxygens (including phenoxy) is 3. The lowest BCUT2D eigenvalue weighted by atomic mass is 9.83. The number of nitrogens with one attached hydrogen (secondary N) is 1. The van der Waals surface area contributed by atoms with Crippen LogP contribution in [0.3, 0.4) is 0 Å². The molecule has 350 valence electrons. The van der Waals surface area contributed by atoms with Gasteiger partial charge in [0, 0.05) is 56.1 Å². The van der Waals surface area contributed by atoms with Crippen molar-refractivity contribution in [1.29, 1.82) is 0 Å². The van der Waals surface area contributed by atoms with Crippen LogP contribution in [0.1, 0.15) is 99.7 Å². The lowest BCUT2D eigenvalue weighted by Crippen LogP contribution is -2.62. The molecule has 2 aromatic heterocycles. The number of hydrogen-bond acceptors (Lipinski definition) is 15. The van der Waals surface area contributed by atoms with Crippen LogP contribution in [-0.2, 0) is 31.7 Å². The van der Waals surface area contributed by atoms with E-state index in [-0.39, 0.29) is 56.5 Å². The number of aryl methyl sites for hydroxylation is 1. The van der Waals surface area contributed by atoms with E-state index in [1.54, 1.807) is 38.1 Å². The topological polar surface area (TPSA) is 227 Å². The maximum Gasteiger partial charge on any atom is 0.452 e. The number of aromatic nitrogens is 3. The minimum atomic E-state index is -7.61. The molecule has 3 aromatic rings. The first-order chi connectivity index (χ1) is 29.4. The van der Waals surface area contributed by atoms with Crippen LogP contribution in [0.4, 0.5) is 13.2 Å². The highest BCUT2D eigenvalue weighted by molar-refractivity contribution is 8.49. The molecule has 2 unspecified atom stereocenters. The number of aliphatic hydroxyl groups is 1. The maximum atomic E-state index is 13.7. The van der Waals surface area contributed by atoms with Crippen molar-refractivity contribution >= 4 is 27.1 Å². The summed E-state index contributed by atoms with van der Waals surface area (Å²) in [4.78, 5) is 18.8. The second-order valence-electron chi connectivity index (χ2n) is 18.1. The van der Waals surface area contributed by atoms with Gasteiger partial charge in [-0.05, 0) is 80.6 Å². The first-order valence-corrected chi connectivity index (χ1v) is 23.6. The Hall–Kier alpha value is -3.74. The molecule has 0 radical (unpaired) electrons. The number of benzene rings is 1. The monoisotopic (exact) mass is 911 g/mol. The van der Waals surface area contributed by atoms with Crippen molar-refractivity contribution in [2.75, 3.05) is 52.6 Å². The van der Waals surface area contributed by atoms with Crippen molar-refractivity contribution in [3.8, 4) is 0 Å². The van der Waals surface area contributed by atoms with Crippen molar-refractivity contribution in [3.63, 3.8) is 0 Å². The van der Waals surface area contributed by atoms with Gasteiger partial charge in [0.1, 0.15) is 10.5 Å². The number of carboxylic acid groups (broad SMARTS) is 1. The molecule has 7 rings (SSSR count). The molecule has 0 amide bonds. The molecule has 21 heteroatoms. The summed E-state index contributed by atoms with van der Waals surface area (Å²) < 4.78 is 112. The number of dihydropyridines is 1. The Morgan fingerprint density at radius 2 is 1.78 bits per heavy atom. The van der Waals surface area contributed by atoms with Crippen LogP contribution in [0, 0.1) is 12.3 Å². The van der Waals surface area contributed by atoms with E-state index in [0.717, 1.165) is 47.3 Å². The van der Waals surface area contributed by atoms with Crippen LogP contribution in [0.15, 0.2) is 52.5 Å². The zero-order valence-electron chi connectivity index (χ0n) is 36.1. The summed E-state index contributed by atoms with van der Waals surface area (Å²) in [5.41, 5.74) is -1.36. The van der Waals surface area contributed by atoms with E-state index in [2.05, 4.69) is 20.4 Å². The van der Waals surface area contributed by atoms with E-state index in [9.17, 15) is 46.4 Å². The largest absolute Gasteiger partial charge is 0.481 e.